The van der Waals surface area contributed by atoms with Gasteiger partial charge in [0.25, 0.3) is 11.8 Å². The van der Waals surface area contributed by atoms with Crippen LogP contribution in [0.3, 0.4) is 0 Å². The highest BCUT2D eigenvalue weighted by Crippen LogP contribution is 2.36. The van der Waals surface area contributed by atoms with Crippen LogP contribution in [0.5, 0.6) is 0 Å². The SMILES string of the molecule is Cc1ccc(-c2ncccn2)c(C(=O)N2CC(F)(F)C[C@@H](C)[C@H]2CNc2ncc(Cl)cn2)n1. The molecule has 3 aromatic rings. The first-order valence-electron chi connectivity index (χ1n) is 10.4. The monoisotopic (exact) mass is 473 g/mol. The van der Waals surface area contributed by atoms with Crippen LogP contribution < -0.4 is 5.32 Å². The molecule has 0 aromatic carbocycles. The molecule has 172 valence electrons. The number of alkyl halides is 2. The highest BCUT2D eigenvalue weighted by Gasteiger charge is 2.46. The number of hydrogen-bond acceptors (Lipinski definition) is 7. The van der Waals surface area contributed by atoms with Gasteiger partial charge < -0.3 is 10.2 Å². The number of rotatable bonds is 5. The van der Waals surface area contributed by atoms with Crippen molar-refractivity contribution < 1.29 is 13.6 Å². The van der Waals surface area contributed by atoms with Crippen LogP contribution >= 0.6 is 11.6 Å². The molecule has 0 spiro atoms. The van der Waals surface area contributed by atoms with E-state index in [1.807, 2.05) is 0 Å². The standard InChI is InChI=1S/C22H22ClF2N7O/c1-13-8-22(24,25)12-32(17(13)11-30-21-28-9-15(23)10-29-21)20(33)18-16(5-4-14(2)31-18)19-26-6-3-7-27-19/h3-7,9-10,13,17H,8,11-12H2,1-2H3,(H,28,29,30)/t13-,17-/m1/s1. The largest absolute Gasteiger partial charge is 0.352 e. The van der Waals surface area contributed by atoms with Crippen LogP contribution in [0.15, 0.2) is 43.0 Å². The topological polar surface area (TPSA) is 96.8 Å². The Kier molecular flexibility index (Phi) is 6.46. The summed E-state index contributed by atoms with van der Waals surface area (Å²) in [6, 6.07) is 4.53. The van der Waals surface area contributed by atoms with Gasteiger partial charge in [-0.1, -0.05) is 18.5 Å². The van der Waals surface area contributed by atoms with E-state index in [1.54, 1.807) is 44.4 Å². The van der Waals surface area contributed by atoms with E-state index < -0.39 is 30.3 Å². The molecule has 4 rings (SSSR count). The number of aromatic nitrogens is 5. The van der Waals surface area contributed by atoms with Crippen LogP contribution in [0.4, 0.5) is 14.7 Å². The number of hydrogen-bond donors (Lipinski definition) is 1. The van der Waals surface area contributed by atoms with Crippen molar-refractivity contribution >= 4 is 23.5 Å². The van der Waals surface area contributed by atoms with E-state index in [9.17, 15) is 13.6 Å². The normalized spacial score (nSPS) is 19.8. The quantitative estimate of drug-likeness (QED) is 0.600. The molecule has 33 heavy (non-hydrogen) atoms. The highest BCUT2D eigenvalue weighted by molar-refractivity contribution is 6.30. The van der Waals surface area contributed by atoms with Crippen LogP contribution in [0.25, 0.3) is 11.4 Å². The molecule has 1 N–H and O–H groups in total. The van der Waals surface area contributed by atoms with E-state index in [1.165, 1.54) is 17.3 Å². The summed E-state index contributed by atoms with van der Waals surface area (Å²) in [7, 11) is 0. The Bertz CT molecular complexity index is 1130. The fraction of sp³-hybridized carbons (Fsp3) is 0.364. The predicted octanol–water partition coefficient (Wildman–Crippen LogP) is 3.89. The lowest BCUT2D eigenvalue weighted by Gasteiger charge is -2.43. The number of aryl methyl sites for hydroxylation is 1. The Morgan fingerprint density at radius 2 is 1.91 bits per heavy atom. The molecule has 0 unspecified atom stereocenters. The molecule has 1 fully saturated rings. The zero-order valence-electron chi connectivity index (χ0n) is 18.0. The molecule has 11 heteroatoms. The summed E-state index contributed by atoms with van der Waals surface area (Å²) in [4.78, 5) is 35.8. The lowest BCUT2D eigenvalue weighted by Crippen LogP contribution is -2.57. The third-order valence-corrected chi connectivity index (χ3v) is 5.67. The zero-order valence-corrected chi connectivity index (χ0v) is 18.8. The van der Waals surface area contributed by atoms with Crippen molar-refractivity contribution in [2.24, 2.45) is 5.92 Å². The van der Waals surface area contributed by atoms with E-state index in [-0.39, 0.29) is 18.7 Å². The molecule has 3 aromatic heterocycles. The van der Waals surface area contributed by atoms with Crippen molar-refractivity contribution in [3.8, 4) is 11.4 Å². The van der Waals surface area contributed by atoms with Gasteiger partial charge in [0.05, 0.1) is 35.6 Å². The number of pyridine rings is 1. The Balaban J connectivity index is 1.67. The van der Waals surface area contributed by atoms with Crippen LogP contribution in [0.2, 0.25) is 5.02 Å². The van der Waals surface area contributed by atoms with Gasteiger partial charge in [-0.2, -0.15) is 0 Å². The maximum absolute atomic E-state index is 14.6. The molecule has 1 aliphatic rings. The molecule has 8 nitrogen and oxygen atoms in total. The summed E-state index contributed by atoms with van der Waals surface area (Å²) >= 11 is 5.82. The number of halogens is 3. The molecule has 1 aliphatic heterocycles. The van der Waals surface area contributed by atoms with Crippen molar-refractivity contribution in [2.75, 3.05) is 18.4 Å². The van der Waals surface area contributed by atoms with E-state index >= 15 is 0 Å². The fourth-order valence-electron chi connectivity index (χ4n) is 3.95. The number of carbonyl (C=O) groups excluding carboxylic acids is 1. The third-order valence-electron chi connectivity index (χ3n) is 5.47. The van der Waals surface area contributed by atoms with Crippen LogP contribution in [0, 0.1) is 12.8 Å². The molecule has 0 aliphatic carbocycles. The van der Waals surface area contributed by atoms with Crippen molar-refractivity contribution in [1.82, 2.24) is 29.8 Å². The van der Waals surface area contributed by atoms with Crippen molar-refractivity contribution in [1.29, 1.82) is 0 Å². The lowest BCUT2D eigenvalue weighted by molar-refractivity contribution is -0.0898. The second-order valence-corrected chi connectivity index (χ2v) is 8.50. The van der Waals surface area contributed by atoms with E-state index in [0.717, 1.165) is 0 Å². The Labute approximate surface area is 194 Å². The van der Waals surface area contributed by atoms with Gasteiger partial charge in [-0.25, -0.2) is 33.7 Å². The highest BCUT2D eigenvalue weighted by atomic mass is 35.5. The maximum Gasteiger partial charge on any atom is 0.273 e. The van der Waals surface area contributed by atoms with Crippen molar-refractivity contribution in [2.45, 2.75) is 32.2 Å². The first kappa shape index (κ1) is 22.9. The van der Waals surface area contributed by atoms with Gasteiger partial charge in [-0.3, -0.25) is 4.79 Å². The Morgan fingerprint density at radius 3 is 2.61 bits per heavy atom. The van der Waals surface area contributed by atoms with Crippen molar-refractivity contribution in [3.63, 3.8) is 0 Å². The number of amides is 1. The summed E-state index contributed by atoms with van der Waals surface area (Å²) in [6.07, 6.45) is 5.63. The minimum atomic E-state index is -3.02. The van der Waals surface area contributed by atoms with Crippen LogP contribution in [-0.4, -0.2) is 60.8 Å². The molecule has 1 saturated heterocycles. The van der Waals surface area contributed by atoms with Gasteiger partial charge in [0.2, 0.25) is 5.95 Å². The number of anilines is 1. The van der Waals surface area contributed by atoms with Gasteiger partial charge in [0.1, 0.15) is 5.69 Å². The molecule has 0 saturated carbocycles. The summed E-state index contributed by atoms with van der Waals surface area (Å²) in [5.41, 5.74) is 1.01. The molecule has 1 amide bonds. The number of nitrogens with one attached hydrogen (secondary N) is 1. The number of piperidine rings is 1. The first-order valence-corrected chi connectivity index (χ1v) is 10.8. The summed E-state index contributed by atoms with van der Waals surface area (Å²) in [5.74, 6) is -3.51. The second kappa shape index (κ2) is 9.30. The molecular formula is C22H22ClF2N7O. The van der Waals surface area contributed by atoms with E-state index in [4.69, 9.17) is 11.6 Å². The zero-order chi connectivity index (χ0) is 23.6. The average molecular weight is 474 g/mol. The molecule has 0 radical (unpaired) electrons. The fourth-order valence-corrected chi connectivity index (χ4v) is 4.05. The number of nitrogens with zero attached hydrogens (tertiary/aromatic N) is 6. The smallest absolute Gasteiger partial charge is 0.273 e. The van der Waals surface area contributed by atoms with Gasteiger partial charge >= 0.3 is 0 Å². The third kappa shape index (κ3) is 5.22. The maximum atomic E-state index is 14.6. The Hall–Kier alpha value is -3.27. The summed E-state index contributed by atoms with van der Waals surface area (Å²) in [6.45, 7) is 2.91. The van der Waals surface area contributed by atoms with E-state index in [0.29, 0.717) is 28.1 Å². The molecule has 2 atom stereocenters. The second-order valence-electron chi connectivity index (χ2n) is 8.06. The molecule has 0 bridgehead atoms. The van der Waals surface area contributed by atoms with Gasteiger partial charge in [-0.15, -0.1) is 0 Å². The molecule has 4 heterocycles. The van der Waals surface area contributed by atoms with Crippen LogP contribution in [-0.2, 0) is 0 Å². The minimum absolute atomic E-state index is 0.0406. The number of likely N-dealkylation sites (tertiary alicyclic amines) is 1. The van der Waals surface area contributed by atoms with E-state index in [2.05, 4.69) is 30.2 Å². The van der Waals surface area contributed by atoms with Crippen LogP contribution in [0.1, 0.15) is 29.5 Å². The number of carbonyl (C=O) groups is 1. The average Bonchev–Trinajstić information content (AvgIpc) is 2.79. The summed E-state index contributed by atoms with van der Waals surface area (Å²) in [5, 5.41) is 3.41. The van der Waals surface area contributed by atoms with Gasteiger partial charge in [-0.05, 0) is 31.0 Å². The summed E-state index contributed by atoms with van der Waals surface area (Å²) < 4.78 is 29.1. The van der Waals surface area contributed by atoms with Crippen molar-refractivity contribution in [3.05, 3.63) is 59.4 Å². The first-order chi connectivity index (χ1) is 15.7. The molecular weight excluding hydrogens is 452 g/mol. The van der Waals surface area contributed by atoms with Gasteiger partial charge in [0, 0.05) is 31.1 Å². The lowest BCUT2D eigenvalue weighted by atomic mass is 9.88. The van der Waals surface area contributed by atoms with Gasteiger partial charge in [0.15, 0.2) is 5.82 Å². The minimum Gasteiger partial charge on any atom is -0.352 e. The Morgan fingerprint density at radius 1 is 1.21 bits per heavy atom. The predicted molar refractivity (Wildman–Crippen MR) is 119 cm³/mol.